The summed E-state index contributed by atoms with van der Waals surface area (Å²) < 4.78 is 1.47. The summed E-state index contributed by atoms with van der Waals surface area (Å²) in [6.07, 6.45) is 2.64. The maximum Gasteiger partial charge on any atom is 0.389 e. The first-order valence-electron chi connectivity index (χ1n) is 3.79. The van der Waals surface area contributed by atoms with Gasteiger partial charge in [0.15, 0.2) is 0 Å². The molecule has 0 aliphatic heterocycles. The second-order valence-electron chi connectivity index (χ2n) is 2.46. The van der Waals surface area contributed by atoms with E-state index < -0.39 is 4.92 Å². The monoisotopic (exact) mass is 180 g/mol. The van der Waals surface area contributed by atoms with E-state index in [0.29, 0.717) is 19.4 Å². The van der Waals surface area contributed by atoms with Crippen molar-refractivity contribution in [2.24, 2.45) is 0 Å². The van der Waals surface area contributed by atoms with Crippen molar-refractivity contribution in [3.63, 3.8) is 0 Å². The van der Waals surface area contributed by atoms with Crippen LogP contribution in [-0.4, -0.2) is 14.7 Å². The van der Waals surface area contributed by atoms with Crippen LogP contribution in [-0.2, 0) is 6.54 Å². The lowest BCUT2D eigenvalue weighted by Gasteiger charge is -1.90. The summed E-state index contributed by atoms with van der Waals surface area (Å²) in [5, 5.41) is 22.2. The van der Waals surface area contributed by atoms with E-state index in [1.54, 1.807) is 0 Å². The lowest BCUT2D eigenvalue weighted by molar-refractivity contribution is -0.389. The van der Waals surface area contributed by atoms with Crippen LogP contribution in [0, 0.1) is 21.4 Å². The first-order chi connectivity index (χ1) is 6.24. The molecule has 13 heavy (non-hydrogen) atoms. The fourth-order valence-electron chi connectivity index (χ4n) is 0.893. The molecular weight excluding hydrogens is 172 g/mol. The quantitative estimate of drug-likeness (QED) is 0.394. The van der Waals surface area contributed by atoms with Gasteiger partial charge in [0.25, 0.3) is 0 Å². The van der Waals surface area contributed by atoms with E-state index in [1.807, 2.05) is 6.07 Å². The van der Waals surface area contributed by atoms with E-state index in [2.05, 4.69) is 5.10 Å². The zero-order valence-electron chi connectivity index (χ0n) is 6.88. The molecule has 1 rings (SSSR count). The molecule has 0 saturated heterocycles. The predicted octanol–water partition coefficient (Wildman–Crippen LogP) is 1.10. The van der Waals surface area contributed by atoms with Crippen molar-refractivity contribution in [1.29, 1.82) is 5.26 Å². The zero-order valence-corrected chi connectivity index (χ0v) is 6.88. The topological polar surface area (TPSA) is 84.8 Å². The molecule has 0 amide bonds. The van der Waals surface area contributed by atoms with Crippen LogP contribution in [0.4, 0.5) is 5.82 Å². The number of hydrogen-bond acceptors (Lipinski definition) is 4. The molecule has 0 bridgehead atoms. The molecule has 0 atom stereocenters. The summed E-state index contributed by atoms with van der Waals surface area (Å²) in [5.74, 6) is -0.156. The lowest BCUT2D eigenvalue weighted by Crippen LogP contribution is -1.99. The molecule has 0 radical (unpaired) electrons. The van der Waals surface area contributed by atoms with Crippen molar-refractivity contribution in [2.75, 3.05) is 0 Å². The average molecular weight is 180 g/mol. The smallest absolute Gasteiger partial charge is 0.358 e. The Labute approximate surface area is 74.5 Å². The van der Waals surface area contributed by atoms with Crippen LogP contribution in [0.3, 0.4) is 0 Å². The van der Waals surface area contributed by atoms with Gasteiger partial charge >= 0.3 is 5.82 Å². The first kappa shape index (κ1) is 9.19. The van der Waals surface area contributed by atoms with Crippen LogP contribution in [0.2, 0.25) is 0 Å². The van der Waals surface area contributed by atoms with Crippen LogP contribution in [0.5, 0.6) is 0 Å². The molecule has 0 unspecified atom stereocenters. The third-order valence-electron chi connectivity index (χ3n) is 1.49. The second kappa shape index (κ2) is 4.21. The Hall–Kier alpha value is -1.90. The molecule has 0 fully saturated rings. The Balaban J connectivity index is 2.50. The van der Waals surface area contributed by atoms with Crippen molar-refractivity contribution in [3.8, 4) is 6.07 Å². The summed E-state index contributed by atoms with van der Waals surface area (Å²) in [5.41, 5.74) is 0. The van der Waals surface area contributed by atoms with Gasteiger partial charge in [-0.15, -0.1) is 0 Å². The minimum Gasteiger partial charge on any atom is -0.358 e. The van der Waals surface area contributed by atoms with Gasteiger partial charge in [0, 0.05) is 6.42 Å². The molecule has 1 heterocycles. The van der Waals surface area contributed by atoms with Crippen LogP contribution in [0.25, 0.3) is 0 Å². The molecular formula is C7H8N4O2. The maximum atomic E-state index is 10.2. The van der Waals surface area contributed by atoms with Gasteiger partial charge in [-0.25, -0.2) is 0 Å². The summed E-state index contributed by atoms with van der Waals surface area (Å²) in [7, 11) is 0. The van der Waals surface area contributed by atoms with Crippen LogP contribution in [0.15, 0.2) is 12.3 Å². The summed E-state index contributed by atoms with van der Waals surface area (Å²) in [4.78, 5) is 9.68. The van der Waals surface area contributed by atoms with Crippen molar-refractivity contribution in [3.05, 3.63) is 22.4 Å². The number of nitro groups is 1. The second-order valence-corrected chi connectivity index (χ2v) is 2.46. The van der Waals surface area contributed by atoms with E-state index >= 15 is 0 Å². The molecule has 0 saturated carbocycles. The number of rotatable bonds is 4. The highest BCUT2D eigenvalue weighted by Gasteiger charge is 2.09. The van der Waals surface area contributed by atoms with Crippen molar-refractivity contribution < 1.29 is 4.92 Å². The highest BCUT2D eigenvalue weighted by atomic mass is 16.6. The summed E-state index contributed by atoms with van der Waals surface area (Å²) >= 11 is 0. The number of unbranched alkanes of at least 4 members (excludes halogenated alkanes) is 1. The van der Waals surface area contributed by atoms with Gasteiger partial charge in [0.1, 0.15) is 0 Å². The van der Waals surface area contributed by atoms with Gasteiger partial charge in [-0.05, 0) is 11.3 Å². The fraction of sp³-hybridized carbons (Fsp3) is 0.429. The van der Waals surface area contributed by atoms with E-state index in [1.165, 1.54) is 16.9 Å². The minimum atomic E-state index is -0.541. The average Bonchev–Trinajstić information content (AvgIpc) is 2.53. The van der Waals surface area contributed by atoms with Crippen LogP contribution < -0.4 is 0 Å². The Morgan fingerprint density at radius 3 is 3.08 bits per heavy atom. The molecule has 0 aliphatic carbocycles. The van der Waals surface area contributed by atoms with E-state index in [-0.39, 0.29) is 5.82 Å². The largest absolute Gasteiger partial charge is 0.389 e. The molecule has 6 heteroatoms. The SMILES string of the molecule is N#CCCCn1ccc([N+](=O)[O-])n1. The number of nitriles is 1. The summed E-state index contributed by atoms with van der Waals surface area (Å²) in [6.45, 7) is 0.543. The maximum absolute atomic E-state index is 10.2. The number of aromatic nitrogens is 2. The highest BCUT2D eigenvalue weighted by molar-refractivity contribution is 5.13. The van der Waals surface area contributed by atoms with Crippen molar-refractivity contribution >= 4 is 5.82 Å². The van der Waals surface area contributed by atoms with Gasteiger partial charge in [0.05, 0.1) is 30.0 Å². The minimum absolute atomic E-state index is 0.156. The third kappa shape index (κ3) is 2.56. The molecule has 68 valence electrons. The third-order valence-corrected chi connectivity index (χ3v) is 1.49. The number of hydrogen-bond donors (Lipinski definition) is 0. The van der Waals surface area contributed by atoms with Crippen molar-refractivity contribution in [1.82, 2.24) is 9.78 Å². The predicted molar refractivity (Wildman–Crippen MR) is 43.7 cm³/mol. The van der Waals surface area contributed by atoms with E-state index in [9.17, 15) is 10.1 Å². The zero-order chi connectivity index (χ0) is 9.68. The van der Waals surface area contributed by atoms with Gasteiger partial charge in [-0.3, -0.25) is 0 Å². The van der Waals surface area contributed by atoms with Gasteiger partial charge in [-0.2, -0.15) is 9.94 Å². The summed E-state index contributed by atoms with van der Waals surface area (Å²) in [6, 6.07) is 3.33. The molecule has 0 spiro atoms. The number of nitrogens with zero attached hydrogens (tertiary/aromatic N) is 4. The van der Waals surface area contributed by atoms with Crippen LogP contribution in [0.1, 0.15) is 12.8 Å². The Kier molecular flexibility index (Phi) is 2.97. The Morgan fingerprint density at radius 2 is 2.54 bits per heavy atom. The number of aryl methyl sites for hydroxylation is 1. The first-order valence-corrected chi connectivity index (χ1v) is 3.79. The molecule has 0 N–H and O–H groups in total. The van der Waals surface area contributed by atoms with Gasteiger partial charge in [-0.1, -0.05) is 0 Å². The van der Waals surface area contributed by atoms with Crippen molar-refractivity contribution in [2.45, 2.75) is 19.4 Å². The van der Waals surface area contributed by atoms with Gasteiger partial charge < -0.3 is 10.1 Å². The van der Waals surface area contributed by atoms with Gasteiger partial charge in [0.2, 0.25) is 0 Å². The Bertz CT molecular complexity index is 339. The molecule has 0 aliphatic rings. The molecule has 1 aromatic rings. The Morgan fingerprint density at radius 1 is 1.77 bits per heavy atom. The van der Waals surface area contributed by atoms with E-state index in [0.717, 1.165) is 0 Å². The lowest BCUT2D eigenvalue weighted by atomic mass is 10.3. The highest BCUT2D eigenvalue weighted by Crippen LogP contribution is 2.05. The normalized spacial score (nSPS) is 9.46. The fourth-order valence-corrected chi connectivity index (χ4v) is 0.893. The molecule has 0 aromatic carbocycles. The molecule has 1 aromatic heterocycles. The standard InChI is InChI=1S/C7H8N4O2/c8-4-1-2-5-10-6-3-7(9-10)11(12)13/h3,6H,1-2,5H2. The van der Waals surface area contributed by atoms with Crippen LogP contribution >= 0.6 is 0 Å². The molecule has 6 nitrogen and oxygen atoms in total. The van der Waals surface area contributed by atoms with E-state index in [4.69, 9.17) is 5.26 Å².